The zero-order valence-corrected chi connectivity index (χ0v) is 14.3. The Labute approximate surface area is 143 Å². The third kappa shape index (κ3) is 5.34. The molecule has 2 aromatic rings. The summed E-state index contributed by atoms with van der Waals surface area (Å²) in [5, 5.41) is 13.4. The number of rotatable bonds is 8. The number of amides is 2. The van der Waals surface area contributed by atoms with E-state index in [2.05, 4.69) is 25.8 Å². The average molecular weight is 349 g/mol. The molecular weight excluding hydrogens is 330 g/mol. The number of carbonyl (C=O) groups excluding carboxylic acids is 2. The van der Waals surface area contributed by atoms with Gasteiger partial charge in [0, 0.05) is 18.9 Å². The Bertz CT molecular complexity index is 677. The smallest absolute Gasteiger partial charge is 0.277 e. The van der Waals surface area contributed by atoms with Crippen molar-refractivity contribution in [3.8, 4) is 11.5 Å². The van der Waals surface area contributed by atoms with Crippen LogP contribution in [0.15, 0.2) is 34.2 Å². The second kappa shape index (κ2) is 9.02. The Balaban J connectivity index is 1.80. The highest BCUT2D eigenvalue weighted by atomic mass is 32.2. The molecule has 2 aromatic heterocycles. The molecule has 0 unspecified atom stereocenters. The van der Waals surface area contributed by atoms with Gasteiger partial charge in [0.05, 0.1) is 11.3 Å². The number of nitrogens with one attached hydrogen (secondary N) is 2. The molecule has 0 aromatic carbocycles. The van der Waals surface area contributed by atoms with Crippen LogP contribution in [0.4, 0.5) is 0 Å². The van der Waals surface area contributed by atoms with Crippen LogP contribution in [-0.2, 0) is 9.59 Å². The first-order valence-corrected chi connectivity index (χ1v) is 8.52. The average Bonchev–Trinajstić information content (AvgIpc) is 3.07. The van der Waals surface area contributed by atoms with Crippen LogP contribution in [0.5, 0.6) is 0 Å². The molecule has 2 amide bonds. The van der Waals surface area contributed by atoms with Gasteiger partial charge >= 0.3 is 0 Å². The van der Waals surface area contributed by atoms with Crippen molar-refractivity contribution >= 4 is 23.6 Å². The summed E-state index contributed by atoms with van der Waals surface area (Å²) in [5.74, 6) is -0.0504. The second-order valence-corrected chi connectivity index (χ2v) is 5.91. The largest absolute Gasteiger partial charge is 0.411 e. The molecule has 0 saturated carbocycles. The molecule has 24 heavy (non-hydrogen) atoms. The molecule has 0 spiro atoms. The van der Waals surface area contributed by atoms with E-state index in [-0.39, 0.29) is 22.8 Å². The highest BCUT2D eigenvalue weighted by Crippen LogP contribution is 2.22. The van der Waals surface area contributed by atoms with Crippen molar-refractivity contribution < 1.29 is 14.0 Å². The molecule has 9 heteroatoms. The molecule has 0 aliphatic carbocycles. The molecule has 0 aliphatic heterocycles. The molecule has 0 saturated heterocycles. The van der Waals surface area contributed by atoms with Gasteiger partial charge in [0.15, 0.2) is 0 Å². The van der Waals surface area contributed by atoms with Crippen LogP contribution < -0.4 is 10.6 Å². The van der Waals surface area contributed by atoms with Gasteiger partial charge in [-0.3, -0.25) is 14.6 Å². The van der Waals surface area contributed by atoms with Crippen LogP contribution in [0, 0.1) is 0 Å². The van der Waals surface area contributed by atoms with E-state index in [0.717, 1.165) is 18.2 Å². The maximum Gasteiger partial charge on any atom is 0.277 e. The zero-order valence-electron chi connectivity index (χ0n) is 13.5. The van der Waals surface area contributed by atoms with Gasteiger partial charge in [0.1, 0.15) is 6.04 Å². The van der Waals surface area contributed by atoms with Crippen molar-refractivity contribution in [1.82, 2.24) is 25.8 Å². The van der Waals surface area contributed by atoms with Crippen LogP contribution >= 0.6 is 11.8 Å². The van der Waals surface area contributed by atoms with Crippen molar-refractivity contribution in [2.45, 2.75) is 31.5 Å². The number of hydrogen-bond acceptors (Lipinski definition) is 7. The van der Waals surface area contributed by atoms with E-state index in [1.165, 1.54) is 0 Å². The lowest BCUT2D eigenvalue weighted by atomic mass is 10.3. The number of aromatic nitrogens is 3. The molecule has 2 heterocycles. The van der Waals surface area contributed by atoms with Crippen molar-refractivity contribution in [3.05, 3.63) is 24.5 Å². The summed E-state index contributed by atoms with van der Waals surface area (Å²) in [6, 6.07) is 2.99. The Morgan fingerprint density at radius 3 is 2.92 bits per heavy atom. The summed E-state index contributed by atoms with van der Waals surface area (Å²) in [4.78, 5) is 27.5. The molecule has 1 atom stereocenters. The summed E-state index contributed by atoms with van der Waals surface area (Å²) < 4.78 is 5.47. The maximum absolute atomic E-state index is 11.9. The van der Waals surface area contributed by atoms with Gasteiger partial charge in [-0.1, -0.05) is 18.7 Å². The third-order valence-corrected chi connectivity index (χ3v) is 3.78. The monoisotopic (exact) mass is 349 g/mol. The molecule has 128 valence electrons. The van der Waals surface area contributed by atoms with Crippen molar-refractivity contribution in [1.29, 1.82) is 0 Å². The van der Waals surface area contributed by atoms with E-state index >= 15 is 0 Å². The van der Waals surface area contributed by atoms with Crippen molar-refractivity contribution in [2.24, 2.45) is 0 Å². The van der Waals surface area contributed by atoms with Crippen molar-refractivity contribution in [3.63, 3.8) is 0 Å². The SMILES string of the molecule is CCCNC(=O)[C@@H](C)NC(=O)CSc1nnc(-c2cccnc2)o1. The van der Waals surface area contributed by atoms with Gasteiger partial charge in [0.25, 0.3) is 5.22 Å². The standard InChI is InChI=1S/C15H19N5O3S/c1-3-6-17-13(22)10(2)18-12(21)9-24-15-20-19-14(23-15)11-5-4-7-16-8-11/h4-5,7-8,10H,3,6,9H2,1-2H3,(H,17,22)(H,18,21)/t10-/m1/s1. The van der Waals surface area contributed by atoms with E-state index in [4.69, 9.17) is 4.42 Å². The van der Waals surface area contributed by atoms with E-state index in [9.17, 15) is 9.59 Å². The van der Waals surface area contributed by atoms with Crippen LogP contribution in [0.3, 0.4) is 0 Å². The van der Waals surface area contributed by atoms with Crippen LogP contribution in [-0.4, -0.2) is 45.3 Å². The number of hydrogen-bond donors (Lipinski definition) is 2. The van der Waals surface area contributed by atoms with Crippen LogP contribution in [0.25, 0.3) is 11.5 Å². The predicted molar refractivity (Wildman–Crippen MR) is 89.2 cm³/mol. The summed E-state index contributed by atoms with van der Waals surface area (Å²) in [7, 11) is 0. The van der Waals surface area contributed by atoms with Gasteiger partial charge in [0.2, 0.25) is 17.7 Å². The Morgan fingerprint density at radius 1 is 1.38 bits per heavy atom. The molecule has 8 nitrogen and oxygen atoms in total. The lowest BCUT2D eigenvalue weighted by Gasteiger charge is -2.13. The fourth-order valence-electron chi connectivity index (χ4n) is 1.75. The minimum absolute atomic E-state index is 0.0834. The summed E-state index contributed by atoms with van der Waals surface area (Å²) >= 11 is 1.11. The normalized spacial score (nSPS) is 11.8. The molecule has 2 N–H and O–H groups in total. The summed E-state index contributed by atoms with van der Waals surface area (Å²) in [5.41, 5.74) is 0.711. The zero-order chi connectivity index (χ0) is 17.4. The van der Waals surface area contributed by atoms with Gasteiger partial charge in [-0.15, -0.1) is 10.2 Å². The number of pyridine rings is 1. The predicted octanol–water partition coefficient (Wildman–Crippen LogP) is 1.25. The summed E-state index contributed by atoms with van der Waals surface area (Å²) in [6.45, 7) is 4.19. The number of carbonyl (C=O) groups is 2. The molecule has 0 bridgehead atoms. The fraction of sp³-hybridized carbons (Fsp3) is 0.400. The fourth-order valence-corrected chi connectivity index (χ4v) is 2.33. The lowest BCUT2D eigenvalue weighted by molar-refractivity contribution is -0.127. The first-order chi connectivity index (χ1) is 11.6. The Kier molecular flexibility index (Phi) is 6.74. The summed E-state index contributed by atoms with van der Waals surface area (Å²) in [6.07, 6.45) is 4.11. The van der Waals surface area contributed by atoms with Gasteiger partial charge in [-0.25, -0.2) is 0 Å². The topological polar surface area (TPSA) is 110 Å². The second-order valence-electron chi connectivity index (χ2n) is 4.98. The van der Waals surface area contributed by atoms with Crippen LogP contribution in [0.2, 0.25) is 0 Å². The van der Waals surface area contributed by atoms with E-state index in [0.29, 0.717) is 18.0 Å². The first kappa shape index (κ1) is 17.9. The highest BCUT2D eigenvalue weighted by molar-refractivity contribution is 7.99. The number of nitrogens with zero attached hydrogens (tertiary/aromatic N) is 3. The van der Waals surface area contributed by atoms with Gasteiger partial charge < -0.3 is 15.1 Å². The van der Waals surface area contributed by atoms with Crippen molar-refractivity contribution in [2.75, 3.05) is 12.3 Å². The van der Waals surface area contributed by atoms with E-state index < -0.39 is 6.04 Å². The highest BCUT2D eigenvalue weighted by Gasteiger charge is 2.16. The van der Waals surface area contributed by atoms with E-state index in [1.807, 2.05) is 6.92 Å². The van der Waals surface area contributed by atoms with Crippen LogP contribution in [0.1, 0.15) is 20.3 Å². The lowest BCUT2D eigenvalue weighted by Crippen LogP contribution is -2.45. The third-order valence-electron chi connectivity index (χ3n) is 2.96. The van der Waals surface area contributed by atoms with Gasteiger partial charge in [-0.2, -0.15) is 0 Å². The molecule has 0 fully saturated rings. The van der Waals surface area contributed by atoms with E-state index in [1.54, 1.807) is 31.5 Å². The maximum atomic E-state index is 11.9. The quantitative estimate of drug-likeness (QED) is 0.690. The first-order valence-electron chi connectivity index (χ1n) is 7.54. The molecule has 0 aliphatic rings. The molecular formula is C15H19N5O3S. The minimum Gasteiger partial charge on any atom is -0.411 e. The molecule has 0 radical (unpaired) electrons. The Hall–Kier alpha value is -2.42. The Morgan fingerprint density at radius 2 is 2.21 bits per heavy atom. The molecule has 2 rings (SSSR count). The minimum atomic E-state index is -0.585. The number of thioether (sulfide) groups is 1. The van der Waals surface area contributed by atoms with Gasteiger partial charge in [-0.05, 0) is 25.5 Å².